The molecule has 0 aromatic rings. The summed E-state index contributed by atoms with van der Waals surface area (Å²) in [7, 11) is 0. The maximum atomic E-state index is 11.2. The number of hydrogen-bond donors (Lipinski definition) is 3. The Morgan fingerprint density at radius 2 is 2.00 bits per heavy atom. The number of nitrogens with one attached hydrogen (secondary N) is 1. The predicted octanol–water partition coefficient (Wildman–Crippen LogP) is 0.842. The molecule has 0 radical (unpaired) electrons. The van der Waals surface area contributed by atoms with E-state index in [2.05, 4.69) is 5.32 Å². The van der Waals surface area contributed by atoms with Crippen molar-refractivity contribution in [3.63, 3.8) is 0 Å². The Morgan fingerprint density at radius 3 is 2.41 bits per heavy atom. The largest absolute Gasteiger partial charge is 0.481 e. The van der Waals surface area contributed by atoms with E-state index < -0.39 is 17.5 Å². The fourth-order valence-corrected chi connectivity index (χ4v) is 1.12. The first-order valence-corrected chi connectivity index (χ1v) is 5.52. The van der Waals surface area contributed by atoms with Crippen LogP contribution in [0.2, 0.25) is 0 Å². The van der Waals surface area contributed by atoms with Gasteiger partial charge in [-0.05, 0) is 5.92 Å². The van der Waals surface area contributed by atoms with Gasteiger partial charge in [-0.2, -0.15) is 0 Å². The summed E-state index contributed by atoms with van der Waals surface area (Å²) in [5.41, 5.74) is -0.872. The Bertz CT molecular complexity index is 267. The van der Waals surface area contributed by atoms with E-state index in [1.165, 1.54) is 0 Å². The molecule has 0 aromatic heterocycles. The number of carboxylic acids is 1. The summed E-state index contributed by atoms with van der Waals surface area (Å²) in [4.78, 5) is 21.8. The maximum Gasteiger partial charge on any atom is 0.407 e. The molecule has 17 heavy (non-hydrogen) atoms. The molecule has 3 N–H and O–H groups in total. The first-order valence-electron chi connectivity index (χ1n) is 5.52. The zero-order chi connectivity index (χ0) is 13.5. The molecule has 6 nitrogen and oxygen atoms in total. The number of rotatable bonds is 7. The van der Waals surface area contributed by atoms with Crippen molar-refractivity contribution < 1.29 is 24.5 Å². The van der Waals surface area contributed by atoms with Gasteiger partial charge in [-0.3, -0.25) is 4.79 Å². The standard InChI is InChI=1S/C11H21NO5/c1-8(2)5-17-10(16)12-6-11(3,7-13)4-9(14)15/h8,13H,4-7H2,1-3H3,(H,12,16)(H,14,15). The lowest BCUT2D eigenvalue weighted by Gasteiger charge is -2.25. The van der Waals surface area contributed by atoms with Gasteiger partial charge in [0.1, 0.15) is 0 Å². The highest BCUT2D eigenvalue weighted by atomic mass is 16.5. The van der Waals surface area contributed by atoms with Crippen LogP contribution in [0.5, 0.6) is 0 Å². The molecular weight excluding hydrogens is 226 g/mol. The van der Waals surface area contributed by atoms with Crippen LogP contribution in [0.3, 0.4) is 0 Å². The minimum atomic E-state index is -1.01. The average molecular weight is 247 g/mol. The van der Waals surface area contributed by atoms with Crippen molar-refractivity contribution in [2.75, 3.05) is 19.8 Å². The van der Waals surface area contributed by atoms with Crippen LogP contribution < -0.4 is 5.32 Å². The smallest absolute Gasteiger partial charge is 0.407 e. The number of alkyl carbamates (subject to hydrolysis) is 1. The van der Waals surface area contributed by atoms with Crippen molar-refractivity contribution in [2.45, 2.75) is 27.2 Å². The van der Waals surface area contributed by atoms with E-state index in [9.17, 15) is 9.59 Å². The molecule has 0 fully saturated rings. The zero-order valence-corrected chi connectivity index (χ0v) is 10.5. The third kappa shape index (κ3) is 7.57. The molecule has 0 aliphatic carbocycles. The molecule has 1 amide bonds. The Morgan fingerprint density at radius 1 is 1.41 bits per heavy atom. The van der Waals surface area contributed by atoms with Crippen molar-refractivity contribution in [3.05, 3.63) is 0 Å². The predicted molar refractivity (Wildman–Crippen MR) is 61.6 cm³/mol. The number of aliphatic carboxylic acids is 1. The van der Waals surface area contributed by atoms with Crippen LogP contribution in [0.1, 0.15) is 27.2 Å². The second-order valence-electron chi connectivity index (χ2n) is 4.89. The van der Waals surface area contributed by atoms with Crippen LogP contribution in [-0.4, -0.2) is 42.0 Å². The highest BCUT2D eigenvalue weighted by molar-refractivity contribution is 5.69. The lowest BCUT2D eigenvalue weighted by atomic mass is 9.88. The van der Waals surface area contributed by atoms with Gasteiger partial charge in [0.25, 0.3) is 0 Å². The Hall–Kier alpha value is -1.30. The number of carbonyl (C=O) groups is 2. The molecule has 0 aliphatic heterocycles. The molecule has 0 bridgehead atoms. The molecule has 0 saturated heterocycles. The number of aliphatic hydroxyl groups is 1. The van der Waals surface area contributed by atoms with E-state index in [1.807, 2.05) is 13.8 Å². The van der Waals surface area contributed by atoms with E-state index in [-0.39, 0.29) is 25.5 Å². The summed E-state index contributed by atoms with van der Waals surface area (Å²) < 4.78 is 4.87. The van der Waals surface area contributed by atoms with E-state index in [1.54, 1.807) is 6.92 Å². The SMILES string of the molecule is CC(C)COC(=O)NCC(C)(CO)CC(=O)O. The molecule has 0 saturated carbocycles. The summed E-state index contributed by atoms with van der Waals surface area (Å²) in [5, 5.41) is 20.2. The number of amides is 1. The third-order valence-corrected chi connectivity index (χ3v) is 2.17. The van der Waals surface area contributed by atoms with Gasteiger partial charge >= 0.3 is 12.1 Å². The highest BCUT2D eigenvalue weighted by Crippen LogP contribution is 2.19. The van der Waals surface area contributed by atoms with E-state index >= 15 is 0 Å². The van der Waals surface area contributed by atoms with Crippen molar-refractivity contribution in [1.29, 1.82) is 0 Å². The molecule has 0 heterocycles. The van der Waals surface area contributed by atoms with E-state index in [0.29, 0.717) is 6.61 Å². The second-order valence-corrected chi connectivity index (χ2v) is 4.89. The number of carbonyl (C=O) groups excluding carboxylic acids is 1. The third-order valence-electron chi connectivity index (χ3n) is 2.17. The topological polar surface area (TPSA) is 95.9 Å². The van der Waals surface area contributed by atoms with Crippen molar-refractivity contribution in [1.82, 2.24) is 5.32 Å². The summed E-state index contributed by atoms with van der Waals surface area (Å²) in [6.45, 7) is 5.46. The fourth-order valence-electron chi connectivity index (χ4n) is 1.12. The van der Waals surface area contributed by atoms with Gasteiger partial charge in [0.15, 0.2) is 0 Å². The van der Waals surface area contributed by atoms with Crippen LogP contribution >= 0.6 is 0 Å². The number of carboxylic acid groups (broad SMARTS) is 1. The lowest BCUT2D eigenvalue weighted by molar-refractivity contribution is -0.140. The molecule has 0 spiro atoms. The Labute approximate surface area is 101 Å². The lowest BCUT2D eigenvalue weighted by Crippen LogP contribution is -2.40. The van der Waals surface area contributed by atoms with Crippen LogP contribution in [0.25, 0.3) is 0 Å². The maximum absolute atomic E-state index is 11.2. The van der Waals surface area contributed by atoms with Crippen molar-refractivity contribution in [2.24, 2.45) is 11.3 Å². The quantitative estimate of drug-likeness (QED) is 0.619. The average Bonchev–Trinajstić information content (AvgIpc) is 2.22. The first kappa shape index (κ1) is 15.7. The van der Waals surface area contributed by atoms with Gasteiger partial charge in [-0.15, -0.1) is 0 Å². The second kappa shape index (κ2) is 7.11. The van der Waals surface area contributed by atoms with Gasteiger partial charge in [-0.25, -0.2) is 4.79 Å². The van der Waals surface area contributed by atoms with Crippen LogP contribution in [0.4, 0.5) is 4.79 Å². The van der Waals surface area contributed by atoms with Gasteiger partial charge < -0.3 is 20.3 Å². The molecule has 6 heteroatoms. The minimum absolute atomic E-state index is 0.0622. The van der Waals surface area contributed by atoms with Gasteiger partial charge in [-0.1, -0.05) is 20.8 Å². The summed E-state index contributed by atoms with van der Waals surface area (Å²) in [5.74, 6) is -0.775. The van der Waals surface area contributed by atoms with Crippen molar-refractivity contribution >= 4 is 12.1 Å². The molecule has 1 atom stereocenters. The number of aliphatic hydroxyl groups excluding tert-OH is 1. The molecule has 1 unspecified atom stereocenters. The first-order chi connectivity index (χ1) is 7.79. The zero-order valence-electron chi connectivity index (χ0n) is 10.5. The van der Waals surface area contributed by atoms with Gasteiger partial charge in [0, 0.05) is 12.0 Å². The number of hydrogen-bond acceptors (Lipinski definition) is 4. The molecular formula is C11H21NO5. The Balaban J connectivity index is 4.05. The van der Waals surface area contributed by atoms with Crippen molar-refractivity contribution in [3.8, 4) is 0 Å². The van der Waals surface area contributed by atoms with Crippen LogP contribution in [0, 0.1) is 11.3 Å². The highest BCUT2D eigenvalue weighted by Gasteiger charge is 2.27. The normalized spacial score (nSPS) is 14.2. The van der Waals surface area contributed by atoms with E-state index in [4.69, 9.17) is 14.9 Å². The summed E-state index contributed by atoms with van der Waals surface area (Å²) >= 11 is 0. The van der Waals surface area contributed by atoms with Crippen LogP contribution in [-0.2, 0) is 9.53 Å². The number of ether oxygens (including phenoxy) is 1. The Kier molecular flexibility index (Phi) is 6.57. The minimum Gasteiger partial charge on any atom is -0.481 e. The summed E-state index contributed by atoms with van der Waals surface area (Å²) in [6.07, 6.45) is -0.808. The summed E-state index contributed by atoms with van der Waals surface area (Å²) in [6, 6.07) is 0. The fraction of sp³-hybridized carbons (Fsp3) is 0.818. The molecule has 0 aliphatic rings. The van der Waals surface area contributed by atoms with Gasteiger partial charge in [0.05, 0.1) is 19.6 Å². The molecule has 0 rings (SSSR count). The molecule has 0 aromatic carbocycles. The monoisotopic (exact) mass is 247 g/mol. The van der Waals surface area contributed by atoms with E-state index in [0.717, 1.165) is 0 Å². The van der Waals surface area contributed by atoms with Gasteiger partial charge in [0.2, 0.25) is 0 Å². The van der Waals surface area contributed by atoms with Crippen LogP contribution in [0.15, 0.2) is 0 Å². The molecule has 100 valence electrons.